The van der Waals surface area contributed by atoms with E-state index in [-0.39, 0.29) is 6.23 Å². The highest BCUT2D eigenvalue weighted by Gasteiger charge is 2.16. The summed E-state index contributed by atoms with van der Waals surface area (Å²) in [6.07, 6.45) is 1.67. The fourth-order valence-electron chi connectivity index (χ4n) is 1.32. The van der Waals surface area contributed by atoms with Crippen LogP contribution in [0.1, 0.15) is 19.8 Å². The number of rotatable bonds is 3. The Labute approximate surface area is 68.0 Å². The molecule has 11 heavy (non-hydrogen) atoms. The van der Waals surface area contributed by atoms with Crippen LogP contribution in [-0.2, 0) is 4.74 Å². The molecule has 3 nitrogen and oxygen atoms in total. The van der Waals surface area contributed by atoms with E-state index in [1.165, 1.54) is 0 Å². The molecule has 1 saturated heterocycles. The molecule has 0 aliphatic carbocycles. The fraction of sp³-hybridized carbons (Fsp3) is 1.00. The smallest absolute Gasteiger partial charge is 0.107 e. The average Bonchev–Trinajstić information content (AvgIpc) is 2.07. The van der Waals surface area contributed by atoms with Crippen LogP contribution in [0.25, 0.3) is 0 Å². The van der Waals surface area contributed by atoms with Gasteiger partial charge in [0.1, 0.15) is 6.23 Å². The summed E-state index contributed by atoms with van der Waals surface area (Å²) in [5.74, 6) is 0. The number of aliphatic hydroxyl groups excluding tert-OH is 1. The third-order valence-corrected chi connectivity index (χ3v) is 2.01. The number of aliphatic hydroxyl groups is 1. The van der Waals surface area contributed by atoms with E-state index in [9.17, 15) is 5.11 Å². The molecule has 1 aliphatic heterocycles. The third-order valence-electron chi connectivity index (χ3n) is 2.01. The SMILES string of the molecule is CCCC(O)N1CCOCC1. The summed E-state index contributed by atoms with van der Waals surface area (Å²) >= 11 is 0. The highest BCUT2D eigenvalue weighted by Crippen LogP contribution is 2.06. The van der Waals surface area contributed by atoms with Crippen molar-refractivity contribution in [1.29, 1.82) is 0 Å². The molecule has 0 aromatic heterocycles. The quantitative estimate of drug-likeness (QED) is 0.648. The maximum Gasteiger partial charge on any atom is 0.107 e. The van der Waals surface area contributed by atoms with Crippen molar-refractivity contribution >= 4 is 0 Å². The third kappa shape index (κ3) is 2.77. The Morgan fingerprint density at radius 2 is 2.09 bits per heavy atom. The molecule has 66 valence electrons. The molecule has 3 heteroatoms. The Bertz CT molecular complexity index is 102. The molecule has 0 radical (unpaired) electrons. The van der Waals surface area contributed by atoms with Gasteiger partial charge in [0, 0.05) is 13.1 Å². The molecular weight excluding hydrogens is 142 g/mol. The van der Waals surface area contributed by atoms with Crippen LogP contribution in [-0.4, -0.2) is 42.5 Å². The number of morpholine rings is 1. The molecule has 1 unspecified atom stereocenters. The Morgan fingerprint density at radius 3 is 2.64 bits per heavy atom. The maximum absolute atomic E-state index is 9.54. The van der Waals surface area contributed by atoms with Crippen molar-refractivity contribution in [3.8, 4) is 0 Å². The van der Waals surface area contributed by atoms with Crippen LogP contribution in [0.2, 0.25) is 0 Å². The van der Waals surface area contributed by atoms with Crippen LogP contribution in [0.15, 0.2) is 0 Å². The van der Waals surface area contributed by atoms with Crippen LogP contribution < -0.4 is 0 Å². The molecule has 1 heterocycles. The fourth-order valence-corrected chi connectivity index (χ4v) is 1.32. The van der Waals surface area contributed by atoms with Crippen molar-refractivity contribution in [2.45, 2.75) is 26.0 Å². The molecule has 0 spiro atoms. The normalized spacial score (nSPS) is 23.5. The molecule has 1 N–H and O–H groups in total. The van der Waals surface area contributed by atoms with Gasteiger partial charge in [0.25, 0.3) is 0 Å². The lowest BCUT2D eigenvalue weighted by molar-refractivity contribution is -0.0616. The first-order chi connectivity index (χ1) is 5.34. The zero-order chi connectivity index (χ0) is 8.10. The minimum atomic E-state index is -0.246. The van der Waals surface area contributed by atoms with Gasteiger partial charge < -0.3 is 9.84 Å². The largest absolute Gasteiger partial charge is 0.379 e. The average molecular weight is 159 g/mol. The standard InChI is InChI=1S/C8H17NO2/c1-2-3-8(10)9-4-6-11-7-5-9/h8,10H,2-7H2,1H3. The highest BCUT2D eigenvalue weighted by molar-refractivity contribution is 4.64. The minimum Gasteiger partial charge on any atom is -0.379 e. The summed E-state index contributed by atoms with van der Waals surface area (Å²) in [5.41, 5.74) is 0. The Balaban J connectivity index is 2.21. The van der Waals surface area contributed by atoms with Crippen LogP contribution in [0.5, 0.6) is 0 Å². The first-order valence-electron chi connectivity index (χ1n) is 4.34. The summed E-state index contributed by atoms with van der Waals surface area (Å²) in [6.45, 7) is 5.37. The van der Waals surface area contributed by atoms with Gasteiger partial charge >= 0.3 is 0 Å². The van der Waals surface area contributed by atoms with Crippen molar-refractivity contribution in [3.63, 3.8) is 0 Å². The molecule has 1 rings (SSSR count). The number of ether oxygens (including phenoxy) is 1. The molecule has 1 atom stereocenters. The van der Waals surface area contributed by atoms with Gasteiger partial charge in [-0.05, 0) is 6.42 Å². The van der Waals surface area contributed by atoms with E-state index in [0.29, 0.717) is 0 Å². The van der Waals surface area contributed by atoms with E-state index in [4.69, 9.17) is 4.74 Å². The molecule has 0 bridgehead atoms. The minimum absolute atomic E-state index is 0.246. The molecular formula is C8H17NO2. The van der Waals surface area contributed by atoms with Gasteiger partial charge in [-0.2, -0.15) is 0 Å². The van der Waals surface area contributed by atoms with Gasteiger partial charge in [0.05, 0.1) is 13.2 Å². The first kappa shape index (κ1) is 8.97. The zero-order valence-electron chi connectivity index (χ0n) is 7.12. The number of hydrogen-bond acceptors (Lipinski definition) is 3. The van der Waals surface area contributed by atoms with Gasteiger partial charge in [0.2, 0.25) is 0 Å². The van der Waals surface area contributed by atoms with Gasteiger partial charge in [-0.15, -0.1) is 0 Å². The number of nitrogens with zero attached hydrogens (tertiary/aromatic N) is 1. The number of hydrogen-bond donors (Lipinski definition) is 1. The second-order valence-corrected chi connectivity index (χ2v) is 2.92. The van der Waals surface area contributed by atoms with E-state index in [2.05, 4.69) is 11.8 Å². The summed E-state index contributed by atoms with van der Waals surface area (Å²) in [4.78, 5) is 2.08. The Hall–Kier alpha value is -0.120. The van der Waals surface area contributed by atoms with Crippen molar-refractivity contribution in [2.75, 3.05) is 26.3 Å². The predicted molar refractivity (Wildman–Crippen MR) is 43.3 cm³/mol. The van der Waals surface area contributed by atoms with Crippen LogP contribution in [0, 0.1) is 0 Å². The summed E-state index contributed by atoms with van der Waals surface area (Å²) < 4.78 is 5.18. The highest BCUT2D eigenvalue weighted by atomic mass is 16.5. The van der Waals surface area contributed by atoms with Crippen LogP contribution >= 0.6 is 0 Å². The van der Waals surface area contributed by atoms with Crippen molar-refractivity contribution in [1.82, 2.24) is 4.90 Å². The Kier molecular flexibility index (Phi) is 3.83. The lowest BCUT2D eigenvalue weighted by Crippen LogP contribution is -2.43. The van der Waals surface area contributed by atoms with Crippen LogP contribution in [0.4, 0.5) is 0 Å². The van der Waals surface area contributed by atoms with E-state index in [0.717, 1.165) is 39.1 Å². The molecule has 1 aliphatic rings. The van der Waals surface area contributed by atoms with Gasteiger partial charge in [0.15, 0.2) is 0 Å². The molecule has 1 fully saturated rings. The summed E-state index contributed by atoms with van der Waals surface area (Å²) in [7, 11) is 0. The van der Waals surface area contributed by atoms with Gasteiger partial charge in [-0.1, -0.05) is 13.3 Å². The summed E-state index contributed by atoms with van der Waals surface area (Å²) in [5, 5.41) is 9.54. The van der Waals surface area contributed by atoms with E-state index >= 15 is 0 Å². The van der Waals surface area contributed by atoms with Gasteiger partial charge in [-0.3, -0.25) is 4.90 Å². The van der Waals surface area contributed by atoms with Gasteiger partial charge in [-0.25, -0.2) is 0 Å². The van der Waals surface area contributed by atoms with Crippen molar-refractivity contribution in [3.05, 3.63) is 0 Å². The lowest BCUT2D eigenvalue weighted by atomic mass is 10.2. The van der Waals surface area contributed by atoms with E-state index in [1.54, 1.807) is 0 Å². The lowest BCUT2D eigenvalue weighted by Gasteiger charge is -2.30. The maximum atomic E-state index is 9.54. The van der Waals surface area contributed by atoms with Crippen molar-refractivity contribution in [2.24, 2.45) is 0 Å². The van der Waals surface area contributed by atoms with E-state index in [1.807, 2.05) is 0 Å². The predicted octanol–water partition coefficient (Wildman–Crippen LogP) is 0.437. The molecule has 0 saturated carbocycles. The zero-order valence-corrected chi connectivity index (χ0v) is 7.12. The van der Waals surface area contributed by atoms with Crippen LogP contribution in [0.3, 0.4) is 0 Å². The first-order valence-corrected chi connectivity index (χ1v) is 4.34. The topological polar surface area (TPSA) is 32.7 Å². The molecule has 0 aromatic rings. The Morgan fingerprint density at radius 1 is 1.45 bits per heavy atom. The second-order valence-electron chi connectivity index (χ2n) is 2.92. The summed E-state index contributed by atoms with van der Waals surface area (Å²) in [6, 6.07) is 0. The van der Waals surface area contributed by atoms with Crippen molar-refractivity contribution < 1.29 is 9.84 Å². The molecule has 0 amide bonds. The monoisotopic (exact) mass is 159 g/mol. The molecule has 0 aromatic carbocycles. The van der Waals surface area contributed by atoms with E-state index < -0.39 is 0 Å². The second kappa shape index (κ2) is 4.70.